The van der Waals surface area contributed by atoms with Gasteiger partial charge in [0.15, 0.2) is 0 Å². The molecule has 0 aromatic carbocycles. The summed E-state index contributed by atoms with van der Waals surface area (Å²) >= 11 is 0. The number of nitrogens with one attached hydrogen (secondary N) is 1. The molecule has 1 saturated carbocycles. The van der Waals surface area contributed by atoms with Gasteiger partial charge in [-0.05, 0) is 12.8 Å². The maximum absolute atomic E-state index is 10.9. The molecule has 1 fully saturated rings. The standard InChI is InChI=1S/C9H13NO4/c1-2-3-6-4-7(6)14-9(13)10-5-8(11)12/h2,6-7H,1,3-5H2,(H,10,13)(H,11,12)/t6-,7-/m1/s1. The fraction of sp³-hybridized carbons (Fsp3) is 0.556. The van der Waals surface area contributed by atoms with Crippen molar-refractivity contribution in [1.29, 1.82) is 0 Å². The van der Waals surface area contributed by atoms with Crippen LogP contribution in [0.15, 0.2) is 12.7 Å². The van der Waals surface area contributed by atoms with Gasteiger partial charge in [0.05, 0.1) is 0 Å². The lowest BCUT2D eigenvalue weighted by molar-refractivity contribution is -0.135. The number of rotatable bonds is 5. The van der Waals surface area contributed by atoms with Crippen LogP contribution in [0.4, 0.5) is 4.79 Å². The summed E-state index contributed by atoms with van der Waals surface area (Å²) in [7, 11) is 0. The van der Waals surface area contributed by atoms with E-state index in [9.17, 15) is 9.59 Å². The molecule has 2 atom stereocenters. The van der Waals surface area contributed by atoms with Gasteiger partial charge in [-0.3, -0.25) is 4.79 Å². The number of aliphatic carboxylic acids is 1. The van der Waals surface area contributed by atoms with Crippen molar-refractivity contribution < 1.29 is 19.4 Å². The molecule has 0 saturated heterocycles. The highest BCUT2D eigenvalue weighted by atomic mass is 16.6. The summed E-state index contributed by atoms with van der Waals surface area (Å²) in [6.45, 7) is 3.18. The Morgan fingerprint density at radius 1 is 1.64 bits per heavy atom. The summed E-state index contributed by atoms with van der Waals surface area (Å²) in [5, 5.41) is 10.4. The zero-order valence-electron chi connectivity index (χ0n) is 7.73. The van der Waals surface area contributed by atoms with E-state index in [1.54, 1.807) is 6.08 Å². The van der Waals surface area contributed by atoms with E-state index in [0.29, 0.717) is 5.92 Å². The number of ether oxygens (including phenoxy) is 1. The van der Waals surface area contributed by atoms with Gasteiger partial charge in [0, 0.05) is 5.92 Å². The average Bonchev–Trinajstić information content (AvgIpc) is 2.81. The molecular formula is C9H13NO4. The average molecular weight is 199 g/mol. The Labute approximate surface area is 81.7 Å². The largest absolute Gasteiger partial charge is 0.480 e. The van der Waals surface area contributed by atoms with E-state index < -0.39 is 18.6 Å². The van der Waals surface area contributed by atoms with E-state index in [1.165, 1.54) is 0 Å². The molecule has 0 aromatic heterocycles. The van der Waals surface area contributed by atoms with Crippen LogP contribution in [0.25, 0.3) is 0 Å². The first-order chi connectivity index (χ1) is 6.63. The molecule has 2 N–H and O–H groups in total. The topological polar surface area (TPSA) is 75.6 Å². The maximum Gasteiger partial charge on any atom is 0.407 e. The van der Waals surface area contributed by atoms with Crippen LogP contribution in [0.3, 0.4) is 0 Å². The molecule has 0 bridgehead atoms. The van der Waals surface area contributed by atoms with E-state index in [0.717, 1.165) is 12.8 Å². The van der Waals surface area contributed by atoms with Gasteiger partial charge in [0.2, 0.25) is 0 Å². The Bertz CT molecular complexity index is 251. The summed E-state index contributed by atoms with van der Waals surface area (Å²) in [5.41, 5.74) is 0. The molecule has 78 valence electrons. The van der Waals surface area contributed by atoms with Gasteiger partial charge in [-0.25, -0.2) is 4.79 Å². The first-order valence-electron chi connectivity index (χ1n) is 4.40. The number of hydrogen-bond acceptors (Lipinski definition) is 3. The number of hydrogen-bond donors (Lipinski definition) is 2. The van der Waals surface area contributed by atoms with Gasteiger partial charge in [-0.2, -0.15) is 0 Å². The summed E-state index contributed by atoms with van der Waals surface area (Å²) in [5.74, 6) is -0.719. The molecule has 0 aromatic rings. The van der Waals surface area contributed by atoms with Crippen molar-refractivity contribution in [1.82, 2.24) is 5.32 Å². The van der Waals surface area contributed by atoms with Crippen LogP contribution >= 0.6 is 0 Å². The van der Waals surface area contributed by atoms with Gasteiger partial charge in [0.1, 0.15) is 12.6 Å². The van der Waals surface area contributed by atoms with Crippen LogP contribution in [0.5, 0.6) is 0 Å². The lowest BCUT2D eigenvalue weighted by atomic mass is 10.3. The molecule has 5 nitrogen and oxygen atoms in total. The van der Waals surface area contributed by atoms with Gasteiger partial charge in [0.25, 0.3) is 0 Å². The zero-order chi connectivity index (χ0) is 10.6. The minimum absolute atomic E-state index is 0.0678. The quantitative estimate of drug-likeness (QED) is 0.641. The number of carbonyl (C=O) groups is 2. The molecule has 0 aliphatic heterocycles. The number of carboxylic acid groups (broad SMARTS) is 1. The molecule has 1 rings (SSSR count). The molecule has 14 heavy (non-hydrogen) atoms. The zero-order valence-corrected chi connectivity index (χ0v) is 7.73. The SMILES string of the molecule is C=CC[C@@H]1C[C@H]1OC(=O)NCC(=O)O. The van der Waals surface area contributed by atoms with Crippen LogP contribution in [0.1, 0.15) is 12.8 Å². The minimum atomic E-state index is -1.08. The van der Waals surface area contributed by atoms with Crippen LogP contribution in [0.2, 0.25) is 0 Å². The number of allylic oxidation sites excluding steroid dienone is 1. The molecule has 1 amide bonds. The van der Waals surface area contributed by atoms with Crippen LogP contribution in [0, 0.1) is 5.92 Å². The molecule has 1 aliphatic carbocycles. The normalized spacial score (nSPS) is 23.7. The first kappa shape index (κ1) is 10.6. The van der Waals surface area contributed by atoms with Gasteiger partial charge < -0.3 is 15.2 Å². The Morgan fingerprint density at radius 3 is 2.93 bits per heavy atom. The maximum atomic E-state index is 10.9. The van der Waals surface area contributed by atoms with Crippen molar-refractivity contribution in [3.63, 3.8) is 0 Å². The number of alkyl carbamates (subject to hydrolysis) is 1. The lowest BCUT2D eigenvalue weighted by Crippen LogP contribution is -2.30. The third-order valence-electron chi connectivity index (χ3n) is 1.97. The molecule has 0 unspecified atom stereocenters. The van der Waals surface area contributed by atoms with Crippen LogP contribution in [-0.4, -0.2) is 29.8 Å². The Hall–Kier alpha value is -1.52. The Kier molecular flexibility index (Phi) is 3.50. The second kappa shape index (κ2) is 4.64. The van der Waals surface area contributed by atoms with E-state index in [-0.39, 0.29) is 6.10 Å². The molecule has 5 heteroatoms. The summed E-state index contributed by atoms with van der Waals surface area (Å²) in [6.07, 6.45) is 2.72. The van der Waals surface area contributed by atoms with E-state index >= 15 is 0 Å². The van der Waals surface area contributed by atoms with E-state index in [4.69, 9.17) is 9.84 Å². The van der Waals surface area contributed by atoms with Crippen molar-refractivity contribution in [3.05, 3.63) is 12.7 Å². The monoisotopic (exact) mass is 199 g/mol. The predicted octanol–water partition coefficient (Wildman–Crippen LogP) is 0.762. The summed E-state index contributed by atoms with van der Waals surface area (Å²) < 4.78 is 4.92. The van der Waals surface area contributed by atoms with Crippen molar-refractivity contribution in [2.24, 2.45) is 5.92 Å². The van der Waals surface area contributed by atoms with Gasteiger partial charge in [-0.15, -0.1) is 6.58 Å². The van der Waals surface area contributed by atoms with Crippen LogP contribution in [-0.2, 0) is 9.53 Å². The molecule has 1 aliphatic rings. The molecule has 0 spiro atoms. The molecule has 0 heterocycles. The number of carboxylic acids is 1. The van der Waals surface area contributed by atoms with Crippen molar-refractivity contribution in [2.75, 3.05) is 6.54 Å². The van der Waals surface area contributed by atoms with Gasteiger partial charge >= 0.3 is 12.1 Å². The predicted molar refractivity (Wildman–Crippen MR) is 48.8 cm³/mol. The lowest BCUT2D eigenvalue weighted by Gasteiger charge is -2.03. The highest BCUT2D eigenvalue weighted by Crippen LogP contribution is 2.36. The van der Waals surface area contributed by atoms with Crippen molar-refractivity contribution in [2.45, 2.75) is 18.9 Å². The van der Waals surface area contributed by atoms with Crippen LogP contribution < -0.4 is 5.32 Å². The van der Waals surface area contributed by atoms with Crippen molar-refractivity contribution >= 4 is 12.1 Å². The third kappa shape index (κ3) is 3.47. The summed E-state index contributed by atoms with van der Waals surface area (Å²) in [4.78, 5) is 21.0. The van der Waals surface area contributed by atoms with Crippen molar-refractivity contribution in [3.8, 4) is 0 Å². The number of amides is 1. The Balaban J connectivity index is 2.10. The second-order valence-electron chi connectivity index (χ2n) is 3.21. The molecular weight excluding hydrogens is 186 g/mol. The van der Waals surface area contributed by atoms with E-state index in [2.05, 4.69) is 11.9 Å². The summed E-state index contributed by atoms with van der Waals surface area (Å²) in [6, 6.07) is 0. The third-order valence-corrected chi connectivity index (χ3v) is 1.97. The minimum Gasteiger partial charge on any atom is -0.480 e. The van der Waals surface area contributed by atoms with E-state index in [1.807, 2.05) is 0 Å². The van der Waals surface area contributed by atoms with Gasteiger partial charge in [-0.1, -0.05) is 6.08 Å². The fourth-order valence-corrected chi connectivity index (χ4v) is 1.15. The number of carbonyl (C=O) groups excluding carboxylic acids is 1. The second-order valence-corrected chi connectivity index (χ2v) is 3.21. The first-order valence-corrected chi connectivity index (χ1v) is 4.40. The highest BCUT2D eigenvalue weighted by Gasteiger charge is 2.39. The smallest absolute Gasteiger partial charge is 0.407 e. The Morgan fingerprint density at radius 2 is 2.36 bits per heavy atom. The highest BCUT2D eigenvalue weighted by molar-refractivity contribution is 5.76. The molecule has 0 radical (unpaired) electrons. The fourth-order valence-electron chi connectivity index (χ4n) is 1.15.